The van der Waals surface area contributed by atoms with Crippen LogP contribution in [0, 0.1) is 0 Å². The third-order valence-electron chi connectivity index (χ3n) is 2.79. The number of nitrogens with zero attached hydrogens (tertiary/aromatic N) is 2. The lowest BCUT2D eigenvalue weighted by molar-refractivity contribution is 0.942. The molecule has 3 rings (SSSR count). The summed E-state index contributed by atoms with van der Waals surface area (Å²) in [5.74, 6) is 0. The fraction of sp³-hybridized carbons (Fsp3) is 0. The number of H-pyrrole nitrogens is 1. The van der Waals surface area contributed by atoms with Crippen LogP contribution in [0.5, 0.6) is 0 Å². The molecule has 0 atom stereocenters. The molecule has 0 radical (unpaired) electrons. The molecule has 0 saturated carbocycles. The predicted molar refractivity (Wildman–Crippen MR) is 75.0 cm³/mol. The van der Waals surface area contributed by atoms with Crippen molar-refractivity contribution in [1.82, 2.24) is 15.4 Å². The van der Waals surface area contributed by atoms with E-state index < -0.39 is 0 Å². The molecule has 0 amide bonds. The van der Waals surface area contributed by atoms with Gasteiger partial charge in [-0.2, -0.15) is 0 Å². The average Bonchev–Trinajstić information content (AvgIpc) is 2.93. The maximum Gasteiger partial charge on any atom is 0.0859 e. The van der Waals surface area contributed by atoms with Gasteiger partial charge in [0.05, 0.1) is 11.9 Å². The Hall–Kier alpha value is -1.94. The van der Waals surface area contributed by atoms with Crippen molar-refractivity contribution in [1.29, 1.82) is 0 Å². The van der Waals surface area contributed by atoms with Gasteiger partial charge in [0.1, 0.15) is 0 Å². The van der Waals surface area contributed by atoms with Crippen LogP contribution in [0.15, 0.2) is 59.2 Å². The molecule has 0 saturated heterocycles. The Kier molecular flexibility index (Phi) is 2.94. The van der Waals surface area contributed by atoms with Crippen LogP contribution in [-0.2, 0) is 0 Å². The van der Waals surface area contributed by atoms with Crippen LogP contribution in [0.4, 0.5) is 0 Å². The van der Waals surface area contributed by atoms with Crippen LogP contribution in [0.3, 0.4) is 0 Å². The summed E-state index contributed by atoms with van der Waals surface area (Å²) in [5.41, 5.74) is 4.36. The van der Waals surface area contributed by atoms with E-state index in [1.165, 1.54) is 5.56 Å². The number of aromatic nitrogens is 3. The van der Waals surface area contributed by atoms with Gasteiger partial charge in [0, 0.05) is 10.0 Å². The largest absolute Gasteiger partial charge is 0.258 e. The normalized spacial score (nSPS) is 10.5. The lowest BCUT2D eigenvalue weighted by atomic mass is 9.98. The first-order valence-electron chi connectivity index (χ1n) is 5.56. The minimum atomic E-state index is 0.925. The molecule has 3 nitrogen and oxygen atoms in total. The number of hydrogen-bond acceptors (Lipinski definition) is 2. The van der Waals surface area contributed by atoms with Gasteiger partial charge in [0.25, 0.3) is 0 Å². The molecule has 1 heterocycles. The van der Waals surface area contributed by atoms with Crippen molar-refractivity contribution < 1.29 is 0 Å². The summed E-state index contributed by atoms with van der Waals surface area (Å²) in [5, 5.41) is 10.5. The van der Waals surface area contributed by atoms with E-state index in [9.17, 15) is 0 Å². The van der Waals surface area contributed by atoms with E-state index in [4.69, 9.17) is 0 Å². The highest BCUT2D eigenvalue weighted by atomic mass is 79.9. The highest BCUT2D eigenvalue weighted by Gasteiger charge is 2.07. The summed E-state index contributed by atoms with van der Waals surface area (Å²) in [6, 6.07) is 16.5. The van der Waals surface area contributed by atoms with E-state index in [0.29, 0.717) is 0 Å². The van der Waals surface area contributed by atoms with Gasteiger partial charge in [-0.3, -0.25) is 5.10 Å². The minimum absolute atomic E-state index is 0.925. The molecule has 0 unspecified atom stereocenters. The third kappa shape index (κ3) is 2.07. The summed E-state index contributed by atoms with van der Waals surface area (Å²) >= 11 is 3.45. The third-order valence-corrected chi connectivity index (χ3v) is 3.32. The first-order valence-corrected chi connectivity index (χ1v) is 6.35. The first kappa shape index (κ1) is 11.2. The highest BCUT2D eigenvalue weighted by Crippen LogP contribution is 2.30. The van der Waals surface area contributed by atoms with E-state index in [1.807, 2.05) is 24.3 Å². The molecule has 1 aromatic heterocycles. The zero-order chi connectivity index (χ0) is 12.4. The number of rotatable bonds is 2. The molecule has 0 aliphatic heterocycles. The number of benzene rings is 2. The maximum absolute atomic E-state index is 3.83. The second kappa shape index (κ2) is 4.74. The van der Waals surface area contributed by atoms with Crippen LogP contribution < -0.4 is 0 Å². The standard InChI is InChI=1S/C14H10BrN3/c15-11-7-5-10(6-8-11)12-3-1-2-4-13(12)14-9-16-18-17-14/h1-9H,(H,16,17,18). The molecule has 0 aliphatic carbocycles. The van der Waals surface area contributed by atoms with Gasteiger partial charge < -0.3 is 0 Å². The van der Waals surface area contributed by atoms with Crippen LogP contribution >= 0.6 is 15.9 Å². The molecule has 0 bridgehead atoms. The van der Waals surface area contributed by atoms with Gasteiger partial charge >= 0.3 is 0 Å². The summed E-state index contributed by atoms with van der Waals surface area (Å²) in [6.07, 6.45) is 1.73. The molecule has 18 heavy (non-hydrogen) atoms. The van der Waals surface area contributed by atoms with Crippen molar-refractivity contribution in [2.75, 3.05) is 0 Å². The number of aromatic amines is 1. The van der Waals surface area contributed by atoms with Gasteiger partial charge in [-0.05, 0) is 23.3 Å². The maximum atomic E-state index is 3.83. The molecule has 3 aromatic rings. The SMILES string of the molecule is Brc1ccc(-c2ccccc2-c2cnn[nH]2)cc1. The van der Waals surface area contributed by atoms with E-state index >= 15 is 0 Å². The van der Waals surface area contributed by atoms with Crippen molar-refractivity contribution in [3.63, 3.8) is 0 Å². The Balaban J connectivity index is 2.15. The van der Waals surface area contributed by atoms with Crippen molar-refractivity contribution in [2.45, 2.75) is 0 Å². The van der Waals surface area contributed by atoms with Crippen LogP contribution in [-0.4, -0.2) is 15.4 Å². The van der Waals surface area contributed by atoms with Crippen molar-refractivity contribution in [2.24, 2.45) is 0 Å². The molecular formula is C14H10BrN3. The second-order valence-electron chi connectivity index (χ2n) is 3.92. The Morgan fingerprint density at radius 2 is 1.61 bits per heavy atom. The minimum Gasteiger partial charge on any atom is -0.258 e. The quantitative estimate of drug-likeness (QED) is 0.780. The molecule has 4 heteroatoms. The molecule has 88 valence electrons. The van der Waals surface area contributed by atoms with Crippen molar-refractivity contribution in [3.05, 3.63) is 59.2 Å². The zero-order valence-corrected chi connectivity index (χ0v) is 11.1. The number of nitrogens with one attached hydrogen (secondary N) is 1. The Morgan fingerprint density at radius 1 is 0.889 bits per heavy atom. The Labute approximate surface area is 113 Å². The van der Waals surface area contributed by atoms with Gasteiger partial charge in [-0.25, -0.2) is 0 Å². The molecule has 0 fully saturated rings. The van der Waals surface area contributed by atoms with Gasteiger partial charge in [-0.1, -0.05) is 57.5 Å². The summed E-state index contributed by atoms with van der Waals surface area (Å²) < 4.78 is 1.08. The van der Waals surface area contributed by atoms with Gasteiger partial charge in [-0.15, -0.1) is 5.10 Å². The summed E-state index contributed by atoms with van der Waals surface area (Å²) in [6.45, 7) is 0. The van der Waals surface area contributed by atoms with Crippen LogP contribution in [0.1, 0.15) is 0 Å². The van der Waals surface area contributed by atoms with Crippen molar-refractivity contribution >= 4 is 15.9 Å². The molecule has 2 aromatic carbocycles. The van der Waals surface area contributed by atoms with Crippen LogP contribution in [0.2, 0.25) is 0 Å². The van der Waals surface area contributed by atoms with E-state index in [1.54, 1.807) is 6.20 Å². The smallest absolute Gasteiger partial charge is 0.0859 e. The monoisotopic (exact) mass is 299 g/mol. The van der Waals surface area contributed by atoms with Crippen molar-refractivity contribution in [3.8, 4) is 22.4 Å². The Morgan fingerprint density at radius 3 is 2.28 bits per heavy atom. The lowest BCUT2D eigenvalue weighted by Crippen LogP contribution is -1.85. The van der Waals surface area contributed by atoms with E-state index in [0.717, 1.165) is 21.3 Å². The fourth-order valence-corrected chi connectivity index (χ4v) is 2.19. The summed E-state index contributed by atoms with van der Waals surface area (Å²) in [7, 11) is 0. The average molecular weight is 300 g/mol. The van der Waals surface area contributed by atoms with Gasteiger partial charge in [0.2, 0.25) is 0 Å². The second-order valence-corrected chi connectivity index (χ2v) is 4.84. The first-order chi connectivity index (χ1) is 8.84. The van der Waals surface area contributed by atoms with Gasteiger partial charge in [0.15, 0.2) is 0 Å². The highest BCUT2D eigenvalue weighted by molar-refractivity contribution is 9.10. The summed E-state index contributed by atoms with van der Waals surface area (Å²) in [4.78, 5) is 0. The molecule has 0 spiro atoms. The zero-order valence-electron chi connectivity index (χ0n) is 9.47. The van der Waals surface area contributed by atoms with E-state index in [-0.39, 0.29) is 0 Å². The fourth-order valence-electron chi connectivity index (χ4n) is 1.93. The number of hydrogen-bond donors (Lipinski definition) is 1. The number of halogens is 1. The van der Waals surface area contributed by atoms with E-state index in [2.05, 4.69) is 55.6 Å². The van der Waals surface area contributed by atoms with Crippen LogP contribution in [0.25, 0.3) is 22.4 Å². The molecular weight excluding hydrogens is 290 g/mol. The molecule has 0 aliphatic rings. The topological polar surface area (TPSA) is 41.6 Å². The predicted octanol–water partition coefficient (Wildman–Crippen LogP) is 3.90. The molecule has 1 N–H and O–H groups in total. The Bertz CT molecular complexity index is 645. The lowest BCUT2D eigenvalue weighted by Gasteiger charge is -2.07.